The average molecular weight is 153 g/mol. The molecule has 0 aliphatic heterocycles. The lowest BCUT2D eigenvalue weighted by Gasteiger charge is -2.04. The van der Waals surface area contributed by atoms with Gasteiger partial charge in [0.25, 0.3) is 0 Å². The van der Waals surface area contributed by atoms with Gasteiger partial charge in [-0.2, -0.15) is 0 Å². The van der Waals surface area contributed by atoms with Gasteiger partial charge in [0, 0.05) is 6.42 Å². The van der Waals surface area contributed by atoms with Crippen molar-refractivity contribution in [2.45, 2.75) is 6.42 Å². The highest BCUT2D eigenvalue weighted by molar-refractivity contribution is 5.73. The van der Waals surface area contributed by atoms with E-state index >= 15 is 0 Å². The Hall–Kier alpha value is -1.30. The van der Waals surface area contributed by atoms with Crippen molar-refractivity contribution in [2.24, 2.45) is 0 Å². The molecule has 0 saturated carbocycles. The van der Waals surface area contributed by atoms with Gasteiger partial charge in [-0.15, -0.1) is 0 Å². The Balaban J connectivity index is 2.31. The van der Waals surface area contributed by atoms with Crippen LogP contribution in [0.1, 0.15) is 12.0 Å². The zero-order chi connectivity index (χ0) is 8.23. The topological polar surface area (TPSA) is 0 Å². The number of benzene rings is 1. The van der Waals surface area contributed by atoms with Crippen LogP contribution in [0.25, 0.3) is 5.57 Å². The number of hydrogen-bond acceptors (Lipinski definition) is 0. The fraction of sp³-hybridized carbons (Fsp3) is 0.0833. The minimum atomic E-state index is 0.885. The summed E-state index contributed by atoms with van der Waals surface area (Å²) in [5.41, 5.74) is 2.34. The van der Waals surface area contributed by atoms with E-state index in [0.717, 1.165) is 12.0 Å². The van der Waals surface area contributed by atoms with Gasteiger partial charge in [0.2, 0.25) is 0 Å². The first-order valence-corrected chi connectivity index (χ1v) is 4.04. The smallest absolute Gasteiger partial charge is 0.0215 e. The highest BCUT2D eigenvalue weighted by Crippen LogP contribution is 2.19. The fourth-order valence-corrected chi connectivity index (χ4v) is 1.21. The normalized spacial score (nSPS) is 15.8. The van der Waals surface area contributed by atoms with E-state index in [0.29, 0.717) is 0 Å². The van der Waals surface area contributed by atoms with Crippen molar-refractivity contribution in [1.29, 1.82) is 0 Å². The summed E-state index contributed by atoms with van der Waals surface area (Å²) in [6.07, 6.45) is 11.2. The Bertz CT molecular complexity index is 304. The Kier molecular flexibility index (Phi) is 2.08. The molecule has 57 valence electrons. The predicted octanol–water partition coefficient (Wildman–Crippen LogP) is 2.91. The van der Waals surface area contributed by atoms with E-state index in [9.17, 15) is 0 Å². The molecule has 0 bridgehead atoms. The zero-order valence-electron chi connectivity index (χ0n) is 6.75. The first-order chi connectivity index (χ1) is 5.97. The quantitative estimate of drug-likeness (QED) is 0.582. The molecule has 0 amide bonds. The molecule has 1 aliphatic rings. The second-order valence-corrected chi connectivity index (χ2v) is 2.69. The Morgan fingerprint density at radius 2 is 1.92 bits per heavy atom. The van der Waals surface area contributed by atoms with Gasteiger partial charge < -0.3 is 0 Å². The number of rotatable bonds is 1. The molecule has 0 nitrogen and oxygen atoms in total. The molecule has 0 heterocycles. The molecule has 0 unspecified atom stereocenters. The monoisotopic (exact) mass is 153 g/mol. The largest absolute Gasteiger partial charge is 0.0830 e. The third kappa shape index (κ3) is 1.48. The molecule has 0 heteroatoms. The maximum Gasteiger partial charge on any atom is 0.0215 e. The maximum atomic E-state index is 3.12. The minimum absolute atomic E-state index is 0.885. The van der Waals surface area contributed by atoms with Gasteiger partial charge in [0.05, 0.1) is 0 Å². The summed E-state index contributed by atoms with van der Waals surface area (Å²) < 4.78 is 0. The second-order valence-electron chi connectivity index (χ2n) is 2.69. The lowest BCUT2D eigenvalue weighted by atomic mass is 10.00. The number of allylic oxidation sites excluding steroid dienone is 4. The molecule has 0 N–H and O–H groups in total. The third-order valence-corrected chi connectivity index (χ3v) is 1.81. The summed E-state index contributed by atoms with van der Waals surface area (Å²) in [5.74, 6) is 0. The van der Waals surface area contributed by atoms with E-state index < -0.39 is 0 Å². The fourth-order valence-electron chi connectivity index (χ4n) is 1.21. The van der Waals surface area contributed by atoms with E-state index in [4.69, 9.17) is 0 Å². The van der Waals surface area contributed by atoms with Gasteiger partial charge in [-0.05, 0) is 23.6 Å². The molecular formula is C12H9. The minimum Gasteiger partial charge on any atom is -0.0830 e. The summed E-state index contributed by atoms with van der Waals surface area (Å²) in [4.78, 5) is 0. The van der Waals surface area contributed by atoms with Gasteiger partial charge in [-0.25, -0.2) is 0 Å². The highest BCUT2D eigenvalue weighted by atomic mass is 14.0. The van der Waals surface area contributed by atoms with Crippen LogP contribution >= 0.6 is 0 Å². The molecule has 2 rings (SSSR count). The van der Waals surface area contributed by atoms with Crippen LogP contribution in [-0.4, -0.2) is 0 Å². The summed E-state index contributed by atoms with van der Waals surface area (Å²) >= 11 is 0. The van der Waals surface area contributed by atoms with Gasteiger partial charge in [0.1, 0.15) is 0 Å². The van der Waals surface area contributed by atoms with E-state index in [1.54, 1.807) is 0 Å². The molecule has 1 aliphatic carbocycles. The number of hydrogen-bond donors (Lipinski definition) is 0. The second kappa shape index (κ2) is 3.40. The van der Waals surface area contributed by atoms with Crippen LogP contribution in [0, 0.1) is 12.5 Å². The van der Waals surface area contributed by atoms with E-state index in [1.807, 2.05) is 18.2 Å². The highest BCUT2D eigenvalue weighted by Gasteiger charge is 1.99. The van der Waals surface area contributed by atoms with Crippen LogP contribution in [0.4, 0.5) is 0 Å². The Morgan fingerprint density at radius 1 is 1.08 bits per heavy atom. The van der Waals surface area contributed by atoms with Gasteiger partial charge in [-0.1, -0.05) is 42.5 Å². The predicted molar refractivity (Wildman–Crippen MR) is 50.1 cm³/mol. The molecule has 3 radical (unpaired) electrons. The molecule has 0 atom stereocenters. The molecule has 0 fully saturated rings. The third-order valence-electron chi connectivity index (χ3n) is 1.81. The van der Waals surface area contributed by atoms with E-state index in [2.05, 4.69) is 36.8 Å². The van der Waals surface area contributed by atoms with Crippen molar-refractivity contribution in [2.75, 3.05) is 0 Å². The first-order valence-electron chi connectivity index (χ1n) is 4.04. The van der Waals surface area contributed by atoms with Crippen LogP contribution in [0.5, 0.6) is 0 Å². The molecule has 0 saturated heterocycles. The van der Waals surface area contributed by atoms with Crippen molar-refractivity contribution in [3.05, 3.63) is 60.5 Å². The van der Waals surface area contributed by atoms with Crippen LogP contribution < -0.4 is 0 Å². The van der Waals surface area contributed by atoms with Crippen molar-refractivity contribution in [3.63, 3.8) is 0 Å². The van der Waals surface area contributed by atoms with Gasteiger partial charge in [0.15, 0.2) is 0 Å². The van der Waals surface area contributed by atoms with Crippen molar-refractivity contribution >= 4 is 5.57 Å². The summed E-state index contributed by atoms with van der Waals surface area (Å²) in [6, 6.07) is 10.3. The van der Waals surface area contributed by atoms with E-state index in [1.165, 1.54) is 5.56 Å². The maximum absolute atomic E-state index is 3.12. The zero-order valence-corrected chi connectivity index (χ0v) is 6.75. The SMILES string of the molecule is [C]1[C]=C(c2ccccc2)C=CC1. The summed E-state index contributed by atoms with van der Waals surface area (Å²) in [5, 5.41) is 0. The van der Waals surface area contributed by atoms with Crippen molar-refractivity contribution in [3.8, 4) is 0 Å². The van der Waals surface area contributed by atoms with Gasteiger partial charge in [-0.3, -0.25) is 0 Å². The molecule has 1 aromatic rings. The van der Waals surface area contributed by atoms with Crippen LogP contribution in [-0.2, 0) is 0 Å². The van der Waals surface area contributed by atoms with Crippen molar-refractivity contribution in [1.82, 2.24) is 0 Å². The molecule has 0 aromatic heterocycles. The van der Waals surface area contributed by atoms with E-state index in [-0.39, 0.29) is 0 Å². The standard InChI is InChI=1S/C12H9/c1-3-7-11(8-4-1)12-9-5-2-6-10-12/h1,3-5,7-9H,2H2. The molecule has 12 heavy (non-hydrogen) atoms. The summed E-state index contributed by atoms with van der Waals surface area (Å²) in [6.45, 7) is 0. The Morgan fingerprint density at radius 3 is 2.58 bits per heavy atom. The van der Waals surface area contributed by atoms with Gasteiger partial charge >= 0.3 is 0 Å². The van der Waals surface area contributed by atoms with Crippen molar-refractivity contribution < 1.29 is 0 Å². The average Bonchev–Trinajstić information content (AvgIpc) is 2.21. The van der Waals surface area contributed by atoms with Crippen LogP contribution in [0.2, 0.25) is 0 Å². The molecule has 0 spiro atoms. The molecule has 1 aromatic carbocycles. The lowest BCUT2D eigenvalue weighted by molar-refractivity contribution is 1.25. The van der Waals surface area contributed by atoms with Crippen LogP contribution in [0.3, 0.4) is 0 Å². The Labute approximate surface area is 73.2 Å². The summed E-state index contributed by atoms with van der Waals surface area (Å²) in [7, 11) is 0. The lowest BCUT2D eigenvalue weighted by Crippen LogP contribution is -1.85. The first kappa shape index (κ1) is 7.35. The molecular weight excluding hydrogens is 144 g/mol. The van der Waals surface area contributed by atoms with Crippen LogP contribution in [0.15, 0.2) is 42.5 Å².